The molecule has 0 spiro atoms. The Kier molecular flexibility index (Phi) is 37.0. The molecule has 8 rings (SSSR count). The van der Waals surface area contributed by atoms with Crippen LogP contribution in [0.25, 0.3) is 0 Å². The van der Waals surface area contributed by atoms with Crippen molar-refractivity contribution in [1.29, 1.82) is 0 Å². The summed E-state index contributed by atoms with van der Waals surface area (Å²) >= 11 is 23.7. The number of nitrogens with one attached hydrogen (secondary N) is 1. The molecule has 0 aliphatic carbocycles. The molecule has 0 fully saturated rings. The van der Waals surface area contributed by atoms with Gasteiger partial charge in [0.25, 0.3) is 11.8 Å². The number of benzene rings is 6. The van der Waals surface area contributed by atoms with Crippen LogP contribution in [0, 0.1) is 20.2 Å². The predicted molar refractivity (Wildman–Crippen MR) is 418 cm³/mol. The number of alkyl halides is 2. The molecule has 31 nitrogen and oxygen atoms in total. The molecule has 0 saturated heterocycles. The van der Waals surface area contributed by atoms with E-state index in [1.165, 1.54) is 65.6 Å². The van der Waals surface area contributed by atoms with Crippen LogP contribution in [0.1, 0.15) is 41.5 Å². The number of aromatic hydroxyl groups is 4. The van der Waals surface area contributed by atoms with Gasteiger partial charge in [-0.3, -0.25) is 34.6 Å². The molecule has 102 heavy (non-hydrogen) atoms. The molecule has 0 atom stereocenters. The second-order valence-electron chi connectivity index (χ2n) is 21.8. The standard InChI is InChI=1S/C12H14BrNO4S.C11H12BrNO4S.C7H6BrNO5S.C7H8BrNO3S.C7H7NO5S.C7H8O3S.C4H6Br2O.CH3I.BHNS/c1-12(2)11(15)14(3)9-6-7(19(4,16)17)5-8(13)10(9)18-12;1-11(2)10(14)13-8-5-6(18(3,15)16)4-7(12)9(8)17-11;1-15(13,14)4-2-5(8)7(10)6(3-4)9(11)12;1-13(11,12)4-2-5(8)7(10)6(9)3-4;1-14(12,13)5-2-3-7(9)6(4-5)8(10)11;1-11(9,10)7-4-2-6(8)3-5-7;1-4(2,6)3(5)7;1-2;1-2-3/h5-6H,1-4H3;4-5H,1-3H3,(H,13,14);2-3,10H,1H3;2-3,10H,9H2,1H3;2-4,9H,1H3;2-5,8H,1H3;1-2H3;1H3;3H. The van der Waals surface area contributed by atoms with Crippen molar-refractivity contribution in [3.05, 3.63) is 129 Å². The molecule has 2 aliphatic heterocycles. The Morgan fingerprint density at radius 3 is 1.30 bits per heavy atom. The summed E-state index contributed by atoms with van der Waals surface area (Å²) in [4.78, 5) is 56.9. The van der Waals surface area contributed by atoms with Gasteiger partial charge in [-0.05, 0) is 205 Å². The number of nitro groups is 2. The van der Waals surface area contributed by atoms with E-state index in [1.807, 2.05) is 4.93 Å². The zero-order valence-electron chi connectivity index (χ0n) is 55.5. The minimum atomic E-state index is -3.54. The second-order valence-corrected chi connectivity index (χ2v) is 40.3. The molecule has 0 saturated carbocycles. The van der Waals surface area contributed by atoms with Crippen molar-refractivity contribution >= 4 is 243 Å². The van der Waals surface area contributed by atoms with Crippen molar-refractivity contribution in [2.45, 2.75) is 86.4 Å². The van der Waals surface area contributed by atoms with Crippen LogP contribution in [0.3, 0.4) is 0 Å². The van der Waals surface area contributed by atoms with Crippen molar-refractivity contribution < 1.29 is 105 Å². The number of rotatable bonds is 9. The Hall–Kier alpha value is -5.15. The maximum atomic E-state index is 12.1. The molecule has 2 heterocycles. The first-order valence-electron chi connectivity index (χ1n) is 26.8. The van der Waals surface area contributed by atoms with Crippen LogP contribution in [0.2, 0.25) is 0 Å². The predicted octanol–water partition coefficient (Wildman–Crippen LogP) is 11.4. The van der Waals surface area contributed by atoms with Crippen LogP contribution in [0.4, 0.5) is 28.4 Å². The molecule has 6 aromatic carbocycles. The van der Waals surface area contributed by atoms with Gasteiger partial charge in [-0.15, -0.1) is 0 Å². The molecule has 2 aliphatic rings. The number of likely N-dealkylation sites (N-methyl/N-ethyl adjacent to an activating group) is 1. The number of thiol groups is 1. The van der Waals surface area contributed by atoms with Crippen LogP contribution >= 0.6 is 131 Å². The summed E-state index contributed by atoms with van der Waals surface area (Å²) in [6, 6.07) is 18.6. The number of nitrogens with zero attached hydrogens (tertiary/aromatic N) is 4. The van der Waals surface area contributed by atoms with Gasteiger partial charge in [0.15, 0.2) is 93.2 Å². The molecule has 0 bridgehead atoms. The summed E-state index contributed by atoms with van der Waals surface area (Å²) in [5.41, 5.74) is 2.98. The number of nitrogens with two attached hydrogens (primary N) is 1. The Labute approximate surface area is 659 Å². The SMILES string of the molecule is CC(C)(Br)C(=O)Br.CC1(C)Oc2c(Br)cc(S(C)(=O)=O)cc2NC1=O.CI.CN1C(=O)C(C)(C)Oc2c(Br)cc(S(C)(=O)=O)cc21.CS(=O)(=O)c1cc(Br)c(O)c([N+](=O)[O-])c1.CS(=O)(=O)c1cc(N)c(O)c(Br)c1.CS(=O)(=O)c1ccc(O)c([N+](=O)[O-])c1.CS(=O)(=O)c1ccc(O)cc1.[B]=NS. The summed E-state index contributed by atoms with van der Waals surface area (Å²) < 4.78 is 149. The molecular weight excluding hydrogens is 2000 g/mol. The van der Waals surface area contributed by atoms with Crippen LogP contribution in [-0.2, 0) is 73.4 Å². The normalized spacial score (nSPS) is 13.3. The number of carbonyl (C=O) groups excluding carboxylic acids is 3. The first-order valence-corrected chi connectivity index (χ1v) is 45.4. The molecular formula is C56H65BBr6IN6O25S7. The average molecular weight is 2060 g/mol. The fourth-order valence-electron chi connectivity index (χ4n) is 6.78. The van der Waals surface area contributed by atoms with Gasteiger partial charge < -0.3 is 45.9 Å². The molecule has 1 radical (unpaired) electrons. The number of carbonyl (C=O) groups is 3. The zero-order chi connectivity index (χ0) is 80.5. The average Bonchev–Trinajstić information content (AvgIpc) is 0.761. The molecule has 6 aromatic rings. The van der Waals surface area contributed by atoms with Gasteiger partial charge in [-0.1, -0.05) is 38.5 Å². The monoisotopic (exact) mass is 2060 g/mol. The third-order valence-corrected chi connectivity index (χ3v) is 22.9. The third kappa shape index (κ3) is 30.4. The van der Waals surface area contributed by atoms with Crippen LogP contribution in [-0.4, -0.2) is 170 Å². The van der Waals surface area contributed by atoms with Gasteiger partial charge in [-0.25, -0.2) is 50.5 Å². The van der Waals surface area contributed by atoms with Gasteiger partial charge >= 0.3 is 36.1 Å². The number of phenols is 4. The Bertz CT molecular complexity index is 4860. The van der Waals surface area contributed by atoms with Crippen molar-refractivity contribution in [2.24, 2.45) is 4.30 Å². The Balaban J connectivity index is 0.00000117. The number of amides is 2. The summed E-state index contributed by atoms with van der Waals surface area (Å²) in [7, 11) is -14.2. The number of hydrogen-bond donors (Lipinski definition) is 7. The molecule has 2 amide bonds. The fraction of sp³-hybridized carbons (Fsp3) is 0.304. The number of hydrogen-bond acceptors (Lipinski definition) is 28. The second kappa shape index (κ2) is 38.9. The van der Waals surface area contributed by atoms with E-state index >= 15 is 0 Å². The topological polar surface area (TPSA) is 495 Å². The van der Waals surface area contributed by atoms with E-state index in [0.29, 0.717) is 31.8 Å². The van der Waals surface area contributed by atoms with Crippen molar-refractivity contribution in [2.75, 3.05) is 65.5 Å². The Morgan fingerprint density at radius 1 is 0.588 bits per heavy atom. The van der Waals surface area contributed by atoms with E-state index in [0.717, 1.165) is 67.9 Å². The Morgan fingerprint density at radius 2 is 0.922 bits per heavy atom. The van der Waals surface area contributed by atoms with Gasteiger partial charge in [0.2, 0.25) is 10.4 Å². The number of phenolic OH excluding ortho intramolecular Hbond substituents is 4. The number of sulfone groups is 6. The van der Waals surface area contributed by atoms with E-state index in [4.69, 9.17) is 25.4 Å². The van der Waals surface area contributed by atoms with Crippen LogP contribution in [0.5, 0.6) is 34.5 Å². The number of halogens is 7. The van der Waals surface area contributed by atoms with E-state index in [1.54, 1.807) is 48.6 Å². The maximum absolute atomic E-state index is 12.1. The van der Waals surface area contributed by atoms with E-state index < -0.39 is 107 Å². The number of fused-ring (bicyclic) bond motifs is 2. The third-order valence-electron chi connectivity index (χ3n) is 12.0. The molecule has 0 aromatic heterocycles. The van der Waals surface area contributed by atoms with Crippen molar-refractivity contribution in [3.8, 4) is 34.5 Å². The number of nitrogen functional groups attached to an aromatic ring is 1. The molecule has 46 heteroatoms. The molecule has 0 unspecified atom stereocenters. The number of nitro benzene ring substituents is 2. The van der Waals surface area contributed by atoms with Gasteiger partial charge in [0.05, 0.1) is 78.5 Å². The molecule has 563 valence electrons. The van der Waals surface area contributed by atoms with Crippen LogP contribution < -0.4 is 25.4 Å². The van der Waals surface area contributed by atoms with Gasteiger partial charge in [0, 0.05) is 56.7 Å². The van der Waals surface area contributed by atoms with E-state index in [9.17, 15) is 95.3 Å². The summed E-state index contributed by atoms with van der Waals surface area (Å²) in [5, 5.41) is 59.8. The summed E-state index contributed by atoms with van der Waals surface area (Å²) in [6.45, 7) is 10.2. The van der Waals surface area contributed by atoms with Gasteiger partial charge in [0.1, 0.15) is 5.75 Å². The fourth-order valence-corrected chi connectivity index (χ4v) is 13.3. The van der Waals surface area contributed by atoms with E-state index in [2.05, 4.69) is 148 Å². The van der Waals surface area contributed by atoms with Crippen molar-refractivity contribution in [1.82, 2.24) is 0 Å². The first kappa shape index (κ1) is 96.9. The van der Waals surface area contributed by atoms with Gasteiger partial charge in [-0.2, -0.15) is 0 Å². The number of ether oxygens (including phenoxy) is 2. The summed E-state index contributed by atoms with van der Waals surface area (Å²) in [5.74, 6) is -0.851. The van der Waals surface area contributed by atoms with Crippen molar-refractivity contribution in [3.63, 3.8) is 0 Å². The first-order chi connectivity index (χ1) is 45.9. The van der Waals surface area contributed by atoms with Crippen LogP contribution in [0.15, 0.2) is 143 Å². The van der Waals surface area contributed by atoms with E-state index in [-0.39, 0.29) is 72.0 Å². The molecule has 7 N–H and O–H groups in total. The number of anilines is 3. The quantitative estimate of drug-likeness (QED) is 0.00813. The summed E-state index contributed by atoms with van der Waals surface area (Å²) in [6.07, 6.45) is 6.29. The minimum absolute atomic E-state index is 0.0278. The zero-order valence-corrected chi connectivity index (χ0v) is 73.0.